The molecule has 0 fully saturated rings. The fourth-order valence-corrected chi connectivity index (χ4v) is 1.79. The number of halogens is 1. The van der Waals surface area contributed by atoms with Crippen molar-refractivity contribution in [3.8, 4) is 5.75 Å². The number of amides is 1. The van der Waals surface area contributed by atoms with Crippen molar-refractivity contribution < 1.29 is 14.3 Å². The smallest absolute Gasteiger partial charge is 0.235 e. The van der Waals surface area contributed by atoms with Crippen molar-refractivity contribution >= 4 is 29.0 Å². The lowest BCUT2D eigenvalue weighted by atomic mass is 9.99. The van der Waals surface area contributed by atoms with Crippen LogP contribution in [0.1, 0.15) is 20.3 Å². The molecule has 0 heterocycles. The highest BCUT2D eigenvalue weighted by molar-refractivity contribution is 6.29. The van der Waals surface area contributed by atoms with E-state index in [2.05, 4.69) is 5.32 Å². The van der Waals surface area contributed by atoms with Gasteiger partial charge in [0.05, 0.1) is 18.7 Å². The van der Waals surface area contributed by atoms with Crippen LogP contribution in [0, 0.1) is 5.92 Å². The number of allylic oxidation sites excluding steroid dienone is 2. The van der Waals surface area contributed by atoms with Crippen molar-refractivity contribution in [1.82, 2.24) is 0 Å². The largest absolute Gasteiger partial charge is 0.495 e. The molecule has 0 radical (unpaired) electrons. The van der Waals surface area contributed by atoms with Gasteiger partial charge in [0.25, 0.3) is 0 Å². The van der Waals surface area contributed by atoms with Crippen molar-refractivity contribution in [3.05, 3.63) is 35.4 Å². The van der Waals surface area contributed by atoms with E-state index in [-0.39, 0.29) is 18.1 Å². The Morgan fingerprint density at radius 3 is 2.55 bits per heavy atom. The third kappa shape index (κ3) is 4.70. The zero-order valence-corrected chi connectivity index (χ0v) is 12.5. The average Bonchev–Trinajstić information content (AvgIpc) is 2.38. The summed E-state index contributed by atoms with van der Waals surface area (Å²) < 4.78 is 5.15. The molecule has 1 amide bonds. The van der Waals surface area contributed by atoms with Crippen LogP contribution in [-0.4, -0.2) is 18.8 Å². The van der Waals surface area contributed by atoms with Gasteiger partial charge in [0.15, 0.2) is 0 Å². The van der Waals surface area contributed by atoms with Crippen LogP contribution in [0.5, 0.6) is 5.75 Å². The first kappa shape index (κ1) is 16.2. The number of ether oxygens (including phenoxy) is 1. The molecule has 5 heteroatoms. The van der Waals surface area contributed by atoms with Crippen LogP contribution in [0.3, 0.4) is 0 Å². The molecule has 0 aliphatic heterocycles. The minimum absolute atomic E-state index is 0.202. The van der Waals surface area contributed by atoms with Crippen LogP contribution in [0.25, 0.3) is 0 Å². The summed E-state index contributed by atoms with van der Waals surface area (Å²) in [4.78, 5) is 23.8. The van der Waals surface area contributed by atoms with Gasteiger partial charge in [-0.05, 0) is 32.4 Å². The van der Waals surface area contributed by atoms with Gasteiger partial charge in [-0.1, -0.05) is 29.8 Å². The highest BCUT2D eigenvalue weighted by Crippen LogP contribution is 2.24. The second-order valence-electron chi connectivity index (χ2n) is 4.38. The summed E-state index contributed by atoms with van der Waals surface area (Å²) in [5, 5.41) is 3.27. The lowest BCUT2D eigenvalue weighted by Gasteiger charge is -2.14. The van der Waals surface area contributed by atoms with Gasteiger partial charge in [-0.3, -0.25) is 9.59 Å². The van der Waals surface area contributed by atoms with Gasteiger partial charge in [-0.15, -0.1) is 0 Å². The van der Waals surface area contributed by atoms with Crippen LogP contribution in [0.4, 0.5) is 5.69 Å². The summed E-state index contributed by atoms with van der Waals surface area (Å²) in [7, 11) is 1.52. The van der Waals surface area contributed by atoms with Crippen LogP contribution in [0.15, 0.2) is 35.4 Å². The average molecular weight is 296 g/mol. The molecule has 0 saturated carbocycles. The highest BCUT2D eigenvalue weighted by atomic mass is 35.5. The summed E-state index contributed by atoms with van der Waals surface area (Å²) in [6, 6.07) is 7.04. The van der Waals surface area contributed by atoms with Gasteiger partial charge >= 0.3 is 0 Å². The maximum Gasteiger partial charge on any atom is 0.235 e. The fraction of sp³-hybridized carbons (Fsp3) is 0.333. The Balaban J connectivity index is 2.86. The second-order valence-corrected chi connectivity index (χ2v) is 4.98. The molecule has 0 aliphatic rings. The van der Waals surface area contributed by atoms with Crippen molar-refractivity contribution in [2.45, 2.75) is 20.3 Å². The Hall–Kier alpha value is -1.81. The molecule has 1 rings (SSSR count). The number of ketones is 1. The first-order chi connectivity index (χ1) is 9.45. The molecule has 0 aromatic heterocycles. The number of rotatable bonds is 6. The minimum Gasteiger partial charge on any atom is -0.495 e. The van der Waals surface area contributed by atoms with Gasteiger partial charge in [-0.2, -0.15) is 0 Å². The zero-order chi connectivity index (χ0) is 15.1. The minimum atomic E-state index is -0.756. The van der Waals surface area contributed by atoms with Crippen molar-refractivity contribution in [2.75, 3.05) is 12.4 Å². The third-order valence-corrected chi connectivity index (χ3v) is 2.96. The molecule has 0 saturated heterocycles. The SMILES string of the molecule is COc1ccccc1NC(=O)[C@H](C/C=C(/C)Cl)C(C)=O. The summed E-state index contributed by atoms with van der Waals surface area (Å²) in [6.45, 7) is 3.10. The summed E-state index contributed by atoms with van der Waals surface area (Å²) in [6.07, 6.45) is 1.95. The van der Waals surface area contributed by atoms with Gasteiger partial charge in [0, 0.05) is 5.03 Å². The highest BCUT2D eigenvalue weighted by Gasteiger charge is 2.23. The van der Waals surface area contributed by atoms with Crippen molar-refractivity contribution in [2.24, 2.45) is 5.92 Å². The van der Waals surface area contributed by atoms with E-state index in [1.54, 1.807) is 37.3 Å². The molecular weight excluding hydrogens is 278 g/mol. The Kier molecular flexibility index (Phi) is 6.25. The molecule has 0 spiro atoms. The molecule has 0 bridgehead atoms. The lowest BCUT2D eigenvalue weighted by molar-refractivity contribution is -0.129. The predicted octanol–water partition coefficient (Wildman–Crippen LogP) is 3.37. The van der Waals surface area contributed by atoms with E-state index in [0.29, 0.717) is 16.5 Å². The molecule has 0 aliphatic carbocycles. The molecule has 0 unspecified atom stereocenters. The number of nitrogens with one attached hydrogen (secondary N) is 1. The van der Waals surface area contributed by atoms with E-state index in [0.717, 1.165) is 0 Å². The van der Waals surface area contributed by atoms with E-state index >= 15 is 0 Å². The third-order valence-electron chi connectivity index (χ3n) is 2.81. The first-order valence-corrected chi connectivity index (χ1v) is 6.60. The lowest BCUT2D eigenvalue weighted by Crippen LogP contribution is -2.28. The van der Waals surface area contributed by atoms with E-state index in [4.69, 9.17) is 16.3 Å². The van der Waals surface area contributed by atoms with Crippen LogP contribution in [0.2, 0.25) is 0 Å². The van der Waals surface area contributed by atoms with E-state index in [9.17, 15) is 9.59 Å². The topological polar surface area (TPSA) is 55.4 Å². The van der Waals surface area contributed by atoms with Gasteiger partial charge in [0.1, 0.15) is 11.5 Å². The second kappa shape index (κ2) is 7.70. The van der Waals surface area contributed by atoms with E-state index in [1.165, 1.54) is 14.0 Å². The number of carbonyl (C=O) groups excluding carboxylic acids is 2. The van der Waals surface area contributed by atoms with Crippen LogP contribution < -0.4 is 10.1 Å². The maximum atomic E-state index is 12.2. The summed E-state index contributed by atoms with van der Waals surface area (Å²) in [5.74, 6) is -0.774. The number of hydrogen-bond acceptors (Lipinski definition) is 3. The maximum absolute atomic E-state index is 12.2. The number of anilines is 1. The Morgan fingerprint density at radius 1 is 1.35 bits per heavy atom. The molecule has 1 N–H and O–H groups in total. The number of benzene rings is 1. The Morgan fingerprint density at radius 2 is 2.00 bits per heavy atom. The van der Waals surface area contributed by atoms with Crippen molar-refractivity contribution in [1.29, 1.82) is 0 Å². The molecule has 1 aromatic carbocycles. The molecule has 108 valence electrons. The predicted molar refractivity (Wildman–Crippen MR) is 80.0 cm³/mol. The quantitative estimate of drug-likeness (QED) is 0.819. The van der Waals surface area contributed by atoms with E-state index < -0.39 is 5.92 Å². The van der Waals surface area contributed by atoms with Gasteiger partial charge in [-0.25, -0.2) is 0 Å². The monoisotopic (exact) mass is 295 g/mol. The molecule has 1 aromatic rings. The molecule has 20 heavy (non-hydrogen) atoms. The Bertz CT molecular complexity index is 522. The van der Waals surface area contributed by atoms with Gasteiger partial charge in [0.2, 0.25) is 5.91 Å². The number of carbonyl (C=O) groups is 2. The van der Waals surface area contributed by atoms with Crippen LogP contribution in [-0.2, 0) is 9.59 Å². The van der Waals surface area contributed by atoms with Gasteiger partial charge < -0.3 is 10.1 Å². The standard InChI is InChI=1S/C15H18ClNO3/c1-10(16)8-9-12(11(2)18)15(19)17-13-6-4-5-7-14(13)20-3/h4-8,12H,9H2,1-3H3,(H,17,19)/b10-8-/t12-/m1/s1. The molecule has 1 atom stereocenters. The first-order valence-electron chi connectivity index (χ1n) is 6.22. The normalized spacial score (nSPS) is 12.7. The van der Waals surface area contributed by atoms with E-state index in [1.807, 2.05) is 0 Å². The summed E-state index contributed by atoms with van der Waals surface area (Å²) in [5.41, 5.74) is 0.540. The Labute approximate surface area is 123 Å². The summed E-state index contributed by atoms with van der Waals surface area (Å²) >= 11 is 5.74. The molecule has 4 nitrogen and oxygen atoms in total. The number of hydrogen-bond donors (Lipinski definition) is 1. The zero-order valence-electron chi connectivity index (χ0n) is 11.8. The number of Topliss-reactive ketones (excluding diaryl/α,β-unsaturated/α-hetero) is 1. The number of para-hydroxylation sites is 2. The fourth-order valence-electron chi connectivity index (χ4n) is 1.71. The molecular formula is C15H18ClNO3. The van der Waals surface area contributed by atoms with Crippen LogP contribution >= 0.6 is 11.6 Å². The van der Waals surface area contributed by atoms with Crippen molar-refractivity contribution in [3.63, 3.8) is 0 Å². The number of methoxy groups -OCH3 is 1.